The third-order valence-corrected chi connectivity index (χ3v) is 5.44. The molecule has 1 aliphatic rings. The minimum absolute atomic E-state index is 0.0127. The van der Waals surface area contributed by atoms with E-state index in [4.69, 9.17) is 0 Å². The first kappa shape index (κ1) is 16.1. The molecule has 0 saturated carbocycles. The fraction of sp³-hybridized carbons (Fsp3) is 0.444. The van der Waals surface area contributed by atoms with E-state index >= 15 is 0 Å². The fourth-order valence-corrected chi connectivity index (χ4v) is 4.20. The molecule has 1 atom stereocenters. The highest BCUT2D eigenvalue weighted by Gasteiger charge is 2.28. The maximum absolute atomic E-state index is 13.5. The summed E-state index contributed by atoms with van der Waals surface area (Å²) < 4.78 is 13.5. The van der Waals surface area contributed by atoms with Crippen molar-refractivity contribution in [2.24, 2.45) is 0 Å². The van der Waals surface area contributed by atoms with Crippen LogP contribution in [-0.4, -0.2) is 22.3 Å². The zero-order chi connectivity index (χ0) is 16.4. The van der Waals surface area contributed by atoms with Gasteiger partial charge in [-0.05, 0) is 50.8 Å². The number of likely N-dealkylation sites (tertiary alicyclic amines) is 1. The van der Waals surface area contributed by atoms with E-state index in [9.17, 15) is 9.18 Å². The lowest BCUT2D eigenvalue weighted by Crippen LogP contribution is -2.39. The summed E-state index contributed by atoms with van der Waals surface area (Å²) in [6, 6.07) is 6.63. The molecule has 0 radical (unpaired) electrons. The molecule has 0 spiro atoms. The van der Waals surface area contributed by atoms with Gasteiger partial charge in [-0.1, -0.05) is 12.1 Å². The normalized spacial score (nSPS) is 18.2. The first-order valence-corrected chi connectivity index (χ1v) is 8.84. The first-order chi connectivity index (χ1) is 11.0. The molecule has 1 aliphatic heterocycles. The fourth-order valence-electron chi connectivity index (χ4n) is 3.27. The van der Waals surface area contributed by atoms with Crippen molar-refractivity contribution in [3.63, 3.8) is 0 Å². The van der Waals surface area contributed by atoms with Crippen LogP contribution in [0.3, 0.4) is 0 Å². The van der Waals surface area contributed by atoms with Gasteiger partial charge in [0.05, 0.1) is 23.2 Å². The van der Waals surface area contributed by atoms with Crippen molar-refractivity contribution in [3.8, 4) is 0 Å². The maximum atomic E-state index is 13.5. The van der Waals surface area contributed by atoms with Crippen LogP contribution in [0.2, 0.25) is 0 Å². The number of halogens is 1. The summed E-state index contributed by atoms with van der Waals surface area (Å²) in [5.41, 5.74) is 1.84. The van der Waals surface area contributed by atoms with Crippen molar-refractivity contribution in [2.75, 3.05) is 6.54 Å². The van der Waals surface area contributed by atoms with E-state index in [1.54, 1.807) is 23.5 Å². The van der Waals surface area contributed by atoms with Gasteiger partial charge in [0, 0.05) is 11.4 Å². The van der Waals surface area contributed by atoms with Gasteiger partial charge in [0.25, 0.3) is 0 Å². The minimum Gasteiger partial charge on any atom is -0.335 e. The second-order valence-corrected chi connectivity index (χ2v) is 7.36. The number of thiazole rings is 1. The number of hydrogen-bond donors (Lipinski definition) is 0. The lowest BCUT2D eigenvalue weighted by molar-refractivity contribution is -0.134. The number of amides is 1. The van der Waals surface area contributed by atoms with Gasteiger partial charge >= 0.3 is 0 Å². The summed E-state index contributed by atoms with van der Waals surface area (Å²) in [7, 11) is 0. The summed E-state index contributed by atoms with van der Waals surface area (Å²) in [6.07, 6.45) is 3.38. The van der Waals surface area contributed by atoms with Crippen LogP contribution in [-0.2, 0) is 11.2 Å². The van der Waals surface area contributed by atoms with Crippen LogP contribution in [0.25, 0.3) is 0 Å². The number of rotatable bonds is 3. The van der Waals surface area contributed by atoms with E-state index in [2.05, 4.69) is 4.98 Å². The van der Waals surface area contributed by atoms with Gasteiger partial charge in [-0.15, -0.1) is 11.3 Å². The highest BCUT2D eigenvalue weighted by molar-refractivity contribution is 7.11. The van der Waals surface area contributed by atoms with Crippen molar-refractivity contribution in [3.05, 3.63) is 51.2 Å². The Bertz CT molecular complexity index is 713. The largest absolute Gasteiger partial charge is 0.335 e. The van der Waals surface area contributed by atoms with E-state index in [-0.39, 0.29) is 17.8 Å². The van der Waals surface area contributed by atoms with E-state index in [1.807, 2.05) is 24.8 Å². The maximum Gasteiger partial charge on any atom is 0.228 e. The second-order valence-electron chi connectivity index (χ2n) is 6.07. The summed E-state index contributed by atoms with van der Waals surface area (Å²) in [4.78, 5) is 20.2. The molecule has 2 aromatic rings. The molecule has 2 heterocycles. The Morgan fingerprint density at radius 1 is 1.39 bits per heavy atom. The Kier molecular flexibility index (Phi) is 4.76. The number of hydrogen-bond acceptors (Lipinski definition) is 3. The lowest BCUT2D eigenvalue weighted by atomic mass is 9.94. The summed E-state index contributed by atoms with van der Waals surface area (Å²) >= 11 is 1.59. The number of piperidine rings is 1. The molecule has 122 valence electrons. The molecule has 1 aromatic heterocycles. The van der Waals surface area contributed by atoms with Gasteiger partial charge in [0.1, 0.15) is 5.82 Å². The van der Waals surface area contributed by atoms with Gasteiger partial charge in [0.15, 0.2) is 0 Å². The van der Waals surface area contributed by atoms with E-state index in [1.165, 1.54) is 6.07 Å². The van der Waals surface area contributed by atoms with Crippen molar-refractivity contribution >= 4 is 17.2 Å². The standard InChI is InChI=1S/C18H21FN2OS/c1-12-17(23-13(2)20-12)11-18(22)21-9-4-3-8-16(21)14-6-5-7-15(19)10-14/h5-7,10,16H,3-4,8-9,11H2,1-2H3. The van der Waals surface area contributed by atoms with Gasteiger partial charge in [-0.3, -0.25) is 4.79 Å². The molecule has 0 bridgehead atoms. The minimum atomic E-state index is -0.241. The second kappa shape index (κ2) is 6.79. The van der Waals surface area contributed by atoms with E-state index in [0.717, 1.165) is 46.9 Å². The van der Waals surface area contributed by atoms with Crippen LogP contribution < -0.4 is 0 Å². The molecule has 23 heavy (non-hydrogen) atoms. The molecule has 1 amide bonds. The topological polar surface area (TPSA) is 33.2 Å². The van der Waals surface area contributed by atoms with Crippen LogP contribution in [0.15, 0.2) is 24.3 Å². The zero-order valence-electron chi connectivity index (χ0n) is 13.5. The van der Waals surface area contributed by atoms with Gasteiger partial charge in [0.2, 0.25) is 5.91 Å². The van der Waals surface area contributed by atoms with Crippen LogP contribution in [0, 0.1) is 19.7 Å². The Hall–Kier alpha value is -1.75. The molecule has 1 unspecified atom stereocenters. The molecule has 0 aliphatic carbocycles. The number of benzene rings is 1. The van der Waals surface area contributed by atoms with Gasteiger partial charge in [-0.25, -0.2) is 9.37 Å². The predicted molar refractivity (Wildman–Crippen MR) is 90.0 cm³/mol. The number of carbonyl (C=O) groups is 1. The number of carbonyl (C=O) groups excluding carboxylic acids is 1. The van der Waals surface area contributed by atoms with Crippen molar-refractivity contribution in [1.29, 1.82) is 0 Å². The third kappa shape index (κ3) is 3.61. The molecular weight excluding hydrogens is 311 g/mol. The van der Waals surface area contributed by atoms with Gasteiger partial charge in [-0.2, -0.15) is 0 Å². The lowest BCUT2D eigenvalue weighted by Gasteiger charge is -2.36. The number of aromatic nitrogens is 1. The smallest absolute Gasteiger partial charge is 0.228 e. The van der Waals surface area contributed by atoms with Crippen LogP contribution >= 0.6 is 11.3 Å². The average Bonchev–Trinajstić information content (AvgIpc) is 2.85. The van der Waals surface area contributed by atoms with Crippen LogP contribution in [0.1, 0.15) is 46.4 Å². The molecule has 1 saturated heterocycles. The molecule has 3 rings (SSSR count). The van der Waals surface area contributed by atoms with Crippen molar-refractivity contribution < 1.29 is 9.18 Å². The third-order valence-electron chi connectivity index (χ3n) is 4.37. The summed E-state index contributed by atoms with van der Waals surface area (Å²) in [5.74, 6) is -0.125. The Labute approximate surface area is 140 Å². The SMILES string of the molecule is Cc1nc(C)c(CC(=O)N2CCCCC2c2cccc(F)c2)s1. The molecular formula is C18H21FN2OS. The number of aryl methyl sites for hydroxylation is 2. The average molecular weight is 332 g/mol. The quantitative estimate of drug-likeness (QED) is 0.844. The molecule has 3 nitrogen and oxygen atoms in total. The Morgan fingerprint density at radius 2 is 2.22 bits per heavy atom. The molecule has 1 aromatic carbocycles. The molecule has 1 fully saturated rings. The van der Waals surface area contributed by atoms with Crippen LogP contribution in [0.4, 0.5) is 4.39 Å². The number of nitrogens with zero attached hydrogens (tertiary/aromatic N) is 2. The highest BCUT2D eigenvalue weighted by Crippen LogP contribution is 2.32. The van der Waals surface area contributed by atoms with E-state index in [0.29, 0.717) is 6.42 Å². The molecule has 0 N–H and O–H groups in total. The summed E-state index contributed by atoms with van der Waals surface area (Å²) in [6.45, 7) is 4.66. The zero-order valence-corrected chi connectivity index (χ0v) is 14.3. The van der Waals surface area contributed by atoms with Crippen LogP contribution in [0.5, 0.6) is 0 Å². The highest BCUT2D eigenvalue weighted by atomic mass is 32.1. The predicted octanol–water partition coefficient (Wildman–Crippen LogP) is 4.20. The van der Waals surface area contributed by atoms with Crippen molar-refractivity contribution in [2.45, 2.75) is 45.6 Å². The van der Waals surface area contributed by atoms with Crippen molar-refractivity contribution in [1.82, 2.24) is 9.88 Å². The first-order valence-electron chi connectivity index (χ1n) is 8.02. The monoisotopic (exact) mass is 332 g/mol. The Balaban J connectivity index is 1.80. The Morgan fingerprint density at radius 3 is 2.91 bits per heavy atom. The van der Waals surface area contributed by atoms with E-state index < -0.39 is 0 Å². The molecule has 5 heteroatoms. The summed E-state index contributed by atoms with van der Waals surface area (Å²) in [5, 5.41) is 0.991. The van der Waals surface area contributed by atoms with Gasteiger partial charge < -0.3 is 4.90 Å².